The highest BCUT2D eigenvalue weighted by atomic mass is 35.5. The average Bonchev–Trinajstić information content (AvgIpc) is 3.52. The van der Waals surface area contributed by atoms with Crippen LogP contribution in [0.2, 0.25) is 5.15 Å². The Balaban J connectivity index is 1.07. The molecule has 67 heavy (non-hydrogen) atoms. The second-order valence-electron chi connectivity index (χ2n) is 17.7. The third-order valence-electron chi connectivity index (χ3n) is 13.5. The molecule has 0 aliphatic heterocycles. The minimum absolute atomic E-state index is 0.0144. The van der Waals surface area contributed by atoms with E-state index in [4.69, 9.17) is 40.8 Å². The molecule has 9 rings (SSSR count). The lowest BCUT2D eigenvalue weighted by molar-refractivity contribution is 0.0981. The Morgan fingerprint density at radius 2 is 1.33 bits per heavy atom. The van der Waals surface area contributed by atoms with Gasteiger partial charge in [-0.15, -0.1) is 6.58 Å². The molecular weight excluding hydrogens is 850 g/mol. The zero-order chi connectivity index (χ0) is 46.3. The minimum atomic E-state index is -0.490. The van der Waals surface area contributed by atoms with Crippen molar-refractivity contribution in [2.45, 2.75) is 51.2 Å². The van der Waals surface area contributed by atoms with Crippen LogP contribution in [0.25, 0.3) is 55.7 Å². The first-order valence-electron chi connectivity index (χ1n) is 23.2. The number of aromatic nitrogens is 3. The van der Waals surface area contributed by atoms with Crippen LogP contribution in [0, 0.1) is 23.7 Å². The maximum atomic E-state index is 12.1. The zero-order valence-electron chi connectivity index (χ0n) is 38.3. The van der Waals surface area contributed by atoms with Crippen LogP contribution < -0.4 is 14.2 Å². The molecule has 2 heterocycles. The molecule has 1 fully saturated rings. The summed E-state index contributed by atoms with van der Waals surface area (Å²) in [6.07, 6.45) is 6.84. The fourth-order valence-electron chi connectivity index (χ4n) is 10.1. The quantitative estimate of drug-likeness (QED) is 0.0623. The number of rotatable bonds is 15. The SMILES string of the molecule is C=CC1CC(Cc2cc(-c3ccccc3)c(OC)c(-c3ccccc3)c2)C(O)CCC1CC(C)[C@@H](Oc1nc(-c2ccccc2)nc(Cl)c1-c1ccccc1)c1ccnc2ccc(OC)cc12. The number of aliphatic hydroxyl groups excluding tert-OH is 1. The lowest BCUT2D eigenvalue weighted by Crippen LogP contribution is -2.24. The molecular formula is C59H56ClN3O4. The molecule has 6 aromatic carbocycles. The molecule has 338 valence electrons. The van der Waals surface area contributed by atoms with Crippen molar-refractivity contribution < 1.29 is 19.3 Å². The number of methoxy groups -OCH3 is 2. The van der Waals surface area contributed by atoms with Crippen LogP contribution in [-0.4, -0.2) is 40.4 Å². The number of fused-ring (bicyclic) bond motifs is 1. The maximum Gasteiger partial charge on any atom is 0.227 e. The summed E-state index contributed by atoms with van der Waals surface area (Å²) >= 11 is 7.16. The molecule has 1 saturated carbocycles. The van der Waals surface area contributed by atoms with Crippen LogP contribution in [0.3, 0.4) is 0 Å². The van der Waals surface area contributed by atoms with Gasteiger partial charge in [0.15, 0.2) is 5.82 Å². The molecule has 5 unspecified atom stereocenters. The Bertz CT molecular complexity index is 2870. The van der Waals surface area contributed by atoms with E-state index in [1.165, 1.54) is 5.56 Å². The summed E-state index contributed by atoms with van der Waals surface area (Å²) in [4.78, 5) is 14.7. The van der Waals surface area contributed by atoms with E-state index in [0.717, 1.165) is 80.6 Å². The molecule has 8 heteroatoms. The normalized spacial score (nSPS) is 18.1. The summed E-state index contributed by atoms with van der Waals surface area (Å²) in [6, 6.07) is 53.1. The smallest absolute Gasteiger partial charge is 0.227 e. The summed E-state index contributed by atoms with van der Waals surface area (Å²) in [6.45, 7) is 6.68. The summed E-state index contributed by atoms with van der Waals surface area (Å²) in [5.41, 5.74) is 9.54. The van der Waals surface area contributed by atoms with Gasteiger partial charge < -0.3 is 19.3 Å². The van der Waals surface area contributed by atoms with E-state index in [-0.39, 0.29) is 23.7 Å². The number of halogens is 1. The summed E-state index contributed by atoms with van der Waals surface area (Å²) in [7, 11) is 3.42. The third kappa shape index (κ3) is 10.00. The van der Waals surface area contributed by atoms with E-state index in [2.05, 4.69) is 80.2 Å². The predicted octanol–water partition coefficient (Wildman–Crippen LogP) is 14.3. The average molecular weight is 907 g/mol. The van der Waals surface area contributed by atoms with Crippen LogP contribution in [0.1, 0.15) is 49.8 Å². The van der Waals surface area contributed by atoms with Gasteiger partial charge in [0.2, 0.25) is 5.88 Å². The number of allylic oxidation sites excluding steroid dienone is 1. The second kappa shape index (κ2) is 20.8. The molecule has 6 atom stereocenters. The maximum absolute atomic E-state index is 12.1. The molecule has 7 nitrogen and oxygen atoms in total. The summed E-state index contributed by atoms with van der Waals surface area (Å²) in [5.74, 6) is 2.79. The number of benzene rings is 6. The highest BCUT2D eigenvalue weighted by Gasteiger charge is 2.36. The Hall–Kier alpha value is -6.80. The van der Waals surface area contributed by atoms with Gasteiger partial charge >= 0.3 is 0 Å². The monoisotopic (exact) mass is 905 g/mol. The van der Waals surface area contributed by atoms with Gasteiger partial charge in [0.25, 0.3) is 0 Å². The van der Waals surface area contributed by atoms with E-state index >= 15 is 0 Å². The van der Waals surface area contributed by atoms with Crippen molar-refractivity contribution in [3.8, 4) is 62.1 Å². The van der Waals surface area contributed by atoms with Crippen molar-refractivity contribution in [2.75, 3.05) is 14.2 Å². The van der Waals surface area contributed by atoms with Crippen LogP contribution >= 0.6 is 11.6 Å². The lowest BCUT2D eigenvalue weighted by atomic mass is 9.77. The van der Waals surface area contributed by atoms with E-state index in [1.807, 2.05) is 103 Å². The topological polar surface area (TPSA) is 86.6 Å². The Morgan fingerprint density at radius 1 is 0.716 bits per heavy atom. The van der Waals surface area contributed by atoms with Gasteiger partial charge in [-0.1, -0.05) is 146 Å². The van der Waals surface area contributed by atoms with Gasteiger partial charge in [-0.2, -0.15) is 4.98 Å². The van der Waals surface area contributed by atoms with Gasteiger partial charge in [-0.25, -0.2) is 4.98 Å². The minimum Gasteiger partial charge on any atom is -0.497 e. The van der Waals surface area contributed by atoms with Crippen LogP contribution in [0.4, 0.5) is 0 Å². The van der Waals surface area contributed by atoms with Crippen molar-refractivity contribution in [1.29, 1.82) is 0 Å². The van der Waals surface area contributed by atoms with E-state index in [1.54, 1.807) is 14.2 Å². The van der Waals surface area contributed by atoms with Crippen LogP contribution in [0.5, 0.6) is 17.4 Å². The van der Waals surface area contributed by atoms with Crippen molar-refractivity contribution in [3.05, 3.63) is 193 Å². The standard InChI is InChI=1S/C59H56ClN3O4/c1-5-40-36-46(33-39-34-49(41-18-10-6-11-19-41)56(66-4)50(35-39)42-20-12-7-13-21-42)53(64)29-26-45(40)32-38(2)55(48-30-31-61-52-28-27-47(65-3)37-51(48)52)67-59-54(43-22-14-8-15-23-43)57(60)62-58(63-59)44-24-16-9-17-25-44/h5-25,27-28,30-31,34-35,37-38,40,45-46,53,55,64H,1,26,29,32-33,36H2,2-4H3/t38?,40?,45?,46?,53?,55-/m1/s1. The molecule has 0 spiro atoms. The van der Waals surface area contributed by atoms with Crippen LogP contribution in [-0.2, 0) is 6.42 Å². The highest BCUT2D eigenvalue weighted by Crippen LogP contribution is 2.46. The van der Waals surface area contributed by atoms with Crippen molar-refractivity contribution in [3.63, 3.8) is 0 Å². The predicted molar refractivity (Wildman–Crippen MR) is 271 cm³/mol. The number of aliphatic hydroxyl groups is 1. The number of ether oxygens (including phenoxy) is 3. The van der Waals surface area contributed by atoms with Gasteiger partial charge in [0, 0.05) is 33.8 Å². The number of hydrogen-bond acceptors (Lipinski definition) is 7. The zero-order valence-corrected chi connectivity index (χ0v) is 39.0. The Labute approximate surface area is 399 Å². The van der Waals surface area contributed by atoms with Gasteiger partial charge in [0.05, 0.1) is 31.4 Å². The molecule has 1 aliphatic carbocycles. The van der Waals surface area contributed by atoms with Gasteiger partial charge in [-0.05, 0) is 114 Å². The molecule has 1 N–H and O–H groups in total. The molecule has 2 aromatic heterocycles. The molecule has 1 aliphatic rings. The first-order valence-corrected chi connectivity index (χ1v) is 23.6. The fourth-order valence-corrected chi connectivity index (χ4v) is 10.4. The van der Waals surface area contributed by atoms with Crippen molar-refractivity contribution >= 4 is 22.5 Å². The van der Waals surface area contributed by atoms with E-state index in [0.29, 0.717) is 35.3 Å². The molecule has 0 saturated heterocycles. The van der Waals surface area contributed by atoms with Gasteiger partial charge in [-0.3, -0.25) is 4.98 Å². The Morgan fingerprint density at radius 3 is 1.93 bits per heavy atom. The third-order valence-corrected chi connectivity index (χ3v) is 13.8. The molecule has 0 amide bonds. The van der Waals surface area contributed by atoms with E-state index < -0.39 is 12.2 Å². The number of nitrogens with zero attached hydrogens (tertiary/aromatic N) is 3. The molecule has 8 aromatic rings. The number of hydrogen-bond donors (Lipinski definition) is 1. The van der Waals surface area contributed by atoms with Crippen molar-refractivity contribution in [2.24, 2.45) is 23.7 Å². The van der Waals surface area contributed by atoms with Gasteiger partial charge in [0.1, 0.15) is 22.8 Å². The largest absolute Gasteiger partial charge is 0.497 e. The van der Waals surface area contributed by atoms with E-state index in [9.17, 15) is 5.11 Å². The lowest BCUT2D eigenvalue weighted by Gasteiger charge is -2.32. The van der Waals surface area contributed by atoms with Crippen molar-refractivity contribution in [1.82, 2.24) is 15.0 Å². The highest BCUT2D eigenvalue weighted by molar-refractivity contribution is 6.32. The first kappa shape index (κ1) is 45.4. The summed E-state index contributed by atoms with van der Waals surface area (Å²) < 4.78 is 19.2. The second-order valence-corrected chi connectivity index (χ2v) is 18.1. The first-order chi connectivity index (χ1) is 32.8. The molecule has 0 radical (unpaired) electrons. The Kier molecular flexibility index (Phi) is 14.1. The summed E-state index contributed by atoms with van der Waals surface area (Å²) in [5, 5.41) is 13.3. The number of pyridine rings is 1. The molecule has 0 bridgehead atoms. The van der Waals surface area contributed by atoms with Crippen LogP contribution in [0.15, 0.2) is 177 Å². The fraction of sp³-hybridized carbons (Fsp3) is 0.237.